The molecule has 396 valence electrons. The Morgan fingerprint density at radius 3 is 1.26 bits per heavy atom. The van der Waals surface area contributed by atoms with Crippen molar-refractivity contribution in [3.8, 4) is 11.5 Å². The molecule has 2 N–H and O–H groups in total. The fourth-order valence-electron chi connectivity index (χ4n) is 10.7. The predicted molar refractivity (Wildman–Crippen MR) is 294 cm³/mol. The van der Waals surface area contributed by atoms with Gasteiger partial charge in [-0.2, -0.15) is 0 Å². The Labute approximate surface area is 447 Å². The lowest BCUT2D eigenvalue weighted by molar-refractivity contribution is 0.0608. The van der Waals surface area contributed by atoms with Gasteiger partial charge in [-0.15, -0.1) is 0 Å². The van der Waals surface area contributed by atoms with Crippen molar-refractivity contribution in [3.63, 3.8) is 0 Å². The average Bonchev–Trinajstić information content (AvgIpc) is 3.34. The lowest BCUT2D eigenvalue weighted by Crippen LogP contribution is -2.58. The van der Waals surface area contributed by atoms with Crippen LogP contribution in [0.3, 0.4) is 0 Å². The van der Waals surface area contributed by atoms with Gasteiger partial charge in [-0.05, 0) is 101 Å². The number of piperazine rings is 2. The molecule has 0 spiro atoms. The quantitative estimate of drug-likeness (QED) is 0.110. The minimum atomic E-state index is -3.38. The van der Waals surface area contributed by atoms with Gasteiger partial charge in [-0.3, -0.25) is 29.0 Å². The number of sulfonamides is 2. The predicted octanol–water partition coefficient (Wildman–Crippen LogP) is 8.67. The fraction of sp³-hybridized carbons (Fsp3) is 0.560. The molecule has 22 heteroatoms. The van der Waals surface area contributed by atoms with E-state index in [9.17, 15) is 16.8 Å². The first-order chi connectivity index (χ1) is 34.3. The number of piperidine rings is 2. The second kappa shape index (κ2) is 25.3. The van der Waals surface area contributed by atoms with Crippen LogP contribution >= 0.6 is 46.4 Å². The summed E-state index contributed by atoms with van der Waals surface area (Å²) in [6.45, 7) is 15.7. The highest BCUT2D eigenvalue weighted by atomic mass is 35.5. The summed E-state index contributed by atoms with van der Waals surface area (Å²) in [4.78, 5) is 23.7. The van der Waals surface area contributed by atoms with Gasteiger partial charge in [0.1, 0.15) is 23.1 Å². The summed E-state index contributed by atoms with van der Waals surface area (Å²) in [6.07, 6.45) is 11.9. The minimum Gasteiger partial charge on any atom is -0.496 e. The number of hydrogen-bond donors (Lipinski definition) is 2. The van der Waals surface area contributed by atoms with E-state index >= 15 is 0 Å². The van der Waals surface area contributed by atoms with E-state index in [1.54, 1.807) is 26.4 Å². The number of nitrogens with zero attached hydrogens (tertiary/aromatic N) is 8. The van der Waals surface area contributed by atoms with Gasteiger partial charge in [-0.1, -0.05) is 72.4 Å². The van der Waals surface area contributed by atoms with E-state index in [1.807, 2.05) is 24.3 Å². The van der Waals surface area contributed by atoms with Gasteiger partial charge >= 0.3 is 0 Å². The summed E-state index contributed by atoms with van der Waals surface area (Å²) < 4.78 is 61.9. The third-order valence-electron chi connectivity index (χ3n) is 14.2. The molecular formula is C50H70Cl4N10O6S2. The zero-order valence-electron chi connectivity index (χ0n) is 42.2. The fourth-order valence-corrected chi connectivity index (χ4v) is 12.7. The summed E-state index contributed by atoms with van der Waals surface area (Å²) in [5.41, 5.74) is 3.09. The van der Waals surface area contributed by atoms with Crippen molar-refractivity contribution in [1.29, 1.82) is 0 Å². The number of halogens is 4. The maximum absolute atomic E-state index is 11.5. The standard InChI is InChI=1S/2C25H35Cl2N5O3S/c2*1-4-21-17-31(25-23(27)14-20(15-28-25)29-36(3,33)34)11-12-32(21)22-7-9-30(10-8-22)16-18-5-6-19(26)13-24(18)35-2/h2*5-6,13-15,21-22,29H,4,7-12,16-17H2,1-3H3/t2*21-/m00/s1. The Kier molecular flexibility index (Phi) is 19.8. The first-order valence-electron chi connectivity index (χ1n) is 24.7. The molecule has 2 atom stereocenters. The number of aromatic nitrogens is 2. The largest absolute Gasteiger partial charge is 0.496 e. The summed E-state index contributed by atoms with van der Waals surface area (Å²) in [6, 6.07) is 16.9. The molecule has 0 amide bonds. The Bertz CT molecular complexity index is 2500. The van der Waals surface area contributed by atoms with E-state index in [-0.39, 0.29) is 0 Å². The minimum absolute atomic E-state index is 0.375. The van der Waals surface area contributed by atoms with Crippen molar-refractivity contribution in [2.45, 2.75) is 89.6 Å². The summed E-state index contributed by atoms with van der Waals surface area (Å²) in [7, 11) is -3.37. The van der Waals surface area contributed by atoms with Gasteiger partial charge in [0.15, 0.2) is 0 Å². The van der Waals surface area contributed by atoms with Crippen molar-refractivity contribution in [2.24, 2.45) is 0 Å². The number of methoxy groups -OCH3 is 2. The summed E-state index contributed by atoms with van der Waals surface area (Å²) in [5, 5.41) is 2.30. The second-order valence-electron chi connectivity index (χ2n) is 19.2. The highest BCUT2D eigenvalue weighted by Crippen LogP contribution is 2.34. The van der Waals surface area contributed by atoms with Gasteiger partial charge in [0.25, 0.3) is 0 Å². The number of ether oxygens (including phenoxy) is 2. The number of rotatable bonds is 16. The van der Waals surface area contributed by atoms with Crippen LogP contribution in [0.25, 0.3) is 0 Å². The molecule has 4 aliphatic rings. The van der Waals surface area contributed by atoms with Crippen LogP contribution in [0.4, 0.5) is 23.0 Å². The van der Waals surface area contributed by atoms with Gasteiger partial charge < -0.3 is 19.3 Å². The van der Waals surface area contributed by atoms with E-state index in [2.05, 4.69) is 74.8 Å². The number of nitrogens with one attached hydrogen (secondary N) is 2. The molecule has 2 aromatic heterocycles. The molecule has 0 saturated carbocycles. The first kappa shape index (κ1) is 56.2. The Morgan fingerprint density at radius 2 is 0.944 bits per heavy atom. The van der Waals surface area contributed by atoms with Crippen LogP contribution in [-0.2, 0) is 33.1 Å². The first-order valence-corrected chi connectivity index (χ1v) is 30.0. The van der Waals surface area contributed by atoms with Crippen molar-refractivity contribution < 1.29 is 26.3 Å². The normalized spacial score (nSPS) is 20.5. The van der Waals surface area contributed by atoms with Crippen LogP contribution in [0.1, 0.15) is 63.5 Å². The van der Waals surface area contributed by atoms with Crippen molar-refractivity contribution in [3.05, 3.63) is 92.1 Å². The molecule has 4 aromatic rings. The SMILES string of the molecule is CC[C@H]1CN(c2ncc(NS(C)(=O)=O)cc2Cl)CCN1C1CCN(Cc2ccc(Cl)cc2OC)CC1.CC[C@H]1CN(c2ncc(NS(C)(=O)=O)cc2Cl)CCN1C1CCN(Cc2ccc(Cl)cc2OC)CC1. The lowest BCUT2D eigenvalue weighted by Gasteiger charge is -2.47. The molecule has 16 nitrogen and oxygen atoms in total. The van der Waals surface area contributed by atoms with E-state index in [4.69, 9.17) is 55.9 Å². The number of anilines is 4. The number of pyridine rings is 2. The van der Waals surface area contributed by atoms with Gasteiger partial charge in [0, 0.05) is 97.7 Å². The molecule has 0 radical (unpaired) electrons. The zero-order chi connectivity index (χ0) is 51.7. The maximum Gasteiger partial charge on any atom is 0.229 e. The topological polar surface area (TPSA) is 156 Å². The van der Waals surface area contributed by atoms with Crippen LogP contribution in [0.15, 0.2) is 60.9 Å². The summed E-state index contributed by atoms with van der Waals surface area (Å²) >= 11 is 25.3. The van der Waals surface area contributed by atoms with Crippen LogP contribution in [0.2, 0.25) is 20.1 Å². The third-order valence-corrected chi connectivity index (χ3v) is 16.4. The molecule has 4 fully saturated rings. The van der Waals surface area contributed by atoms with Crippen LogP contribution < -0.4 is 28.7 Å². The highest BCUT2D eigenvalue weighted by Gasteiger charge is 2.36. The van der Waals surface area contributed by atoms with Crippen LogP contribution in [0.5, 0.6) is 11.5 Å². The number of benzene rings is 2. The maximum atomic E-state index is 11.5. The van der Waals surface area contributed by atoms with Crippen molar-refractivity contribution >= 4 is 89.5 Å². The van der Waals surface area contributed by atoms with E-state index in [1.165, 1.54) is 23.5 Å². The van der Waals surface area contributed by atoms with Crippen LogP contribution in [-0.4, -0.2) is 163 Å². The lowest BCUT2D eigenvalue weighted by atomic mass is 9.97. The average molecular weight is 1110 g/mol. The number of likely N-dealkylation sites (tertiary alicyclic amines) is 2. The van der Waals surface area contributed by atoms with E-state index < -0.39 is 20.0 Å². The van der Waals surface area contributed by atoms with Crippen molar-refractivity contribution in [2.75, 3.05) is 111 Å². The summed E-state index contributed by atoms with van der Waals surface area (Å²) in [5.74, 6) is 3.11. The molecule has 72 heavy (non-hydrogen) atoms. The van der Waals surface area contributed by atoms with E-state index in [0.717, 1.165) is 141 Å². The van der Waals surface area contributed by atoms with Gasteiger partial charge in [0.05, 0.1) is 60.5 Å². The van der Waals surface area contributed by atoms with E-state index in [0.29, 0.717) is 67.3 Å². The van der Waals surface area contributed by atoms with Crippen molar-refractivity contribution in [1.82, 2.24) is 29.6 Å². The monoisotopic (exact) mass is 1110 g/mol. The second-order valence-corrected chi connectivity index (χ2v) is 24.4. The number of hydrogen-bond acceptors (Lipinski definition) is 14. The molecule has 4 saturated heterocycles. The molecule has 0 aliphatic carbocycles. The Morgan fingerprint density at radius 1 is 0.569 bits per heavy atom. The molecule has 0 bridgehead atoms. The Balaban J connectivity index is 0.000000211. The molecule has 6 heterocycles. The molecule has 4 aliphatic heterocycles. The van der Waals surface area contributed by atoms with Crippen LogP contribution in [0, 0.1) is 0 Å². The molecule has 8 rings (SSSR count). The highest BCUT2D eigenvalue weighted by molar-refractivity contribution is 7.92. The molecule has 0 unspecified atom stereocenters. The van der Waals surface area contributed by atoms with Gasteiger partial charge in [-0.25, -0.2) is 26.8 Å². The zero-order valence-corrected chi connectivity index (χ0v) is 46.8. The van der Waals surface area contributed by atoms with Gasteiger partial charge in [0.2, 0.25) is 20.0 Å². The molecular weight excluding hydrogens is 1040 g/mol. The smallest absolute Gasteiger partial charge is 0.229 e. The molecule has 2 aromatic carbocycles. The third kappa shape index (κ3) is 15.3. The Hall–Kier alpha value is -3.56.